The fourth-order valence-electron chi connectivity index (χ4n) is 2.09. The number of ketones is 1. The summed E-state index contributed by atoms with van der Waals surface area (Å²) in [6, 6.07) is 0. The third kappa shape index (κ3) is 1.56. The Hall–Kier alpha value is -0.590. The van der Waals surface area contributed by atoms with E-state index >= 15 is 0 Å². The van der Waals surface area contributed by atoms with Crippen molar-refractivity contribution in [2.75, 3.05) is 0 Å². The summed E-state index contributed by atoms with van der Waals surface area (Å²) < 4.78 is 0. The smallest absolute Gasteiger partial charge is 0.139 e. The van der Waals surface area contributed by atoms with Crippen LogP contribution in [0.15, 0.2) is 12.7 Å². The molecule has 1 aliphatic carbocycles. The molecule has 1 unspecified atom stereocenters. The minimum absolute atomic E-state index is 0.0650. The van der Waals surface area contributed by atoms with Crippen molar-refractivity contribution in [2.45, 2.75) is 46.5 Å². The Morgan fingerprint density at radius 2 is 2.08 bits per heavy atom. The lowest BCUT2D eigenvalue weighted by molar-refractivity contribution is -0.135. The highest BCUT2D eigenvalue weighted by Crippen LogP contribution is 2.47. The van der Waals surface area contributed by atoms with Gasteiger partial charge in [-0.2, -0.15) is 0 Å². The molecule has 0 amide bonds. The van der Waals surface area contributed by atoms with Gasteiger partial charge < -0.3 is 0 Å². The van der Waals surface area contributed by atoms with E-state index in [0.29, 0.717) is 5.78 Å². The highest BCUT2D eigenvalue weighted by molar-refractivity contribution is 5.86. The summed E-state index contributed by atoms with van der Waals surface area (Å²) in [5.74, 6) is 0.420. The van der Waals surface area contributed by atoms with Crippen LogP contribution in [0, 0.1) is 10.8 Å². The largest absolute Gasteiger partial charge is 0.299 e. The van der Waals surface area contributed by atoms with Crippen LogP contribution in [-0.4, -0.2) is 5.78 Å². The van der Waals surface area contributed by atoms with Crippen LogP contribution in [0.1, 0.15) is 46.5 Å². The topological polar surface area (TPSA) is 17.1 Å². The van der Waals surface area contributed by atoms with E-state index in [9.17, 15) is 4.79 Å². The van der Waals surface area contributed by atoms with Crippen molar-refractivity contribution in [3.63, 3.8) is 0 Å². The molecule has 0 saturated heterocycles. The summed E-state index contributed by atoms with van der Waals surface area (Å²) in [6.07, 6.45) is 5.95. The van der Waals surface area contributed by atoms with Gasteiger partial charge in [0.15, 0.2) is 0 Å². The van der Waals surface area contributed by atoms with Crippen LogP contribution in [0.4, 0.5) is 0 Å². The Morgan fingerprint density at radius 3 is 2.54 bits per heavy atom. The normalized spacial score (nSPS) is 30.2. The zero-order valence-electron chi connectivity index (χ0n) is 9.02. The van der Waals surface area contributed by atoms with Crippen molar-refractivity contribution >= 4 is 5.78 Å². The molecule has 1 saturated carbocycles. The second-order valence-electron chi connectivity index (χ2n) is 4.89. The molecule has 0 radical (unpaired) electrons. The molecule has 0 heterocycles. The Kier molecular flexibility index (Phi) is 2.65. The van der Waals surface area contributed by atoms with Gasteiger partial charge in [0.2, 0.25) is 0 Å². The van der Waals surface area contributed by atoms with E-state index in [4.69, 9.17) is 0 Å². The molecule has 1 nitrogen and oxygen atoms in total. The lowest BCUT2D eigenvalue weighted by Crippen LogP contribution is -2.42. The highest BCUT2D eigenvalue weighted by Gasteiger charge is 2.45. The maximum absolute atomic E-state index is 11.9. The quantitative estimate of drug-likeness (QED) is 0.596. The van der Waals surface area contributed by atoms with E-state index in [1.807, 2.05) is 6.08 Å². The van der Waals surface area contributed by atoms with Gasteiger partial charge in [-0.15, -0.1) is 6.58 Å². The van der Waals surface area contributed by atoms with Crippen LogP contribution in [-0.2, 0) is 4.79 Å². The van der Waals surface area contributed by atoms with E-state index in [2.05, 4.69) is 27.4 Å². The lowest BCUT2D eigenvalue weighted by atomic mass is 9.59. The second-order valence-corrected chi connectivity index (χ2v) is 4.89. The number of hydrogen-bond acceptors (Lipinski definition) is 1. The van der Waals surface area contributed by atoms with Crippen LogP contribution in [0.5, 0.6) is 0 Å². The Balaban J connectivity index is 2.96. The van der Waals surface area contributed by atoms with Gasteiger partial charge >= 0.3 is 0 Å². The number of Topliss-reactive ketones (excluding diaryl/α,β-unsaturated/α-hetero) is 1. The summed E-state index contributed by atoms with van der Waals surface area (Å²) in [6.45, 7) is 10.2. The zero-order valence-corrected chi connectivity index (χ0v) is 9.02. The minimum Gasteiger partial charge on any atom is -0.299 e. The average molecular weight is 180 g/mol. The van der Waals surface area contributed by atoms with Crippen LogP contribution >= 0.6 is 0 Å². The summed E-state index contributed by atoms with van der Waals surface area (Å²) in [5, 5.41) is 0. The molecule has 1 rings (SSSR count). The number of carbonyl (C=O) groups is 1. The molecule has 1 fully saturated rings. The van der Waals surface area contributed by atoms with E-state index in [1.54, 1.807) is 0 Å². The number of carbonyl (C=O) groups excluding carboxylic acids is 1. The Bertz CT molecular complexity index is 227. The molecule has 0 bridgehead atoms. The first-order valence-corrected chi connectivity index (χ1v) is 5.11. The van der Waals surface area contributed by atoms with E-state index in [0.717, 1.165) is 19.3 Å². The number of hydrogen-bond donors (Lipinski definition) is 0. The molecule has 13 heavy (non-hydrogen) atoms. The average Bonchev–Trinajstić information content (AvgIpc) is 2.10. The van der Waals surface area contributed by atoms with Crippen LogP contribution in [0.3, 0.4) is 0 Å². The van der Waals surface area contributed by atoms with E-state index in [1.165, 1.54) is 6.42 Å². The maximum atomic E-state index is 11.9. The molecule has 74 valence electrons. The molecule has 1 heteroatoms. The SMILES string of the molecule is C=CC(C)(C)C1(C)CCCCC1=O. The first-order chi connectivity index (χ1) is 5.94. The van der Waals surface area contributed by atoms with Crippen LogP contribution in [0.2, 0.25) is 0 Å². The minimum atomic E-state index is -0.174. The fourth-order valence-corrected chi connectivity index (χ4v) is 2.09. The van der Waals surface area contributed by atoms with Crippen LogP contribution in [0.25, 0.3) is 0 Å². The number of rotatable bonds is 2. The van der Waals surface area contributed by atoms with Gasteiger partial charge in [-0.05, 0) is 18.3 Å². The van der Waals surface area contributed by atoms with Gasteiger partial charge in [0.1, 0.15) is 5.78 Å². The predicted molar refractivity (Wildman–Crippen MR) is 55.6 cm³/mol. The van der Waals surface area contributed by atoms with Crippen LogP contribution < -0.4 is 0 Å². The molecule has 0 N–H and O–H groups in total. The third-order valence-electron chi connectivity index (χ3n) is 3.88. The molecule has 1 atom stereocenters. The second kappa shape index (κ2) is 3.28. The van der Waals surface area contributed by atoms with E-state index < -0.39 is 0 Å². The van der Waals surface area contributed by atoms with Gasteiger partial charge in [-0.25, -0.2) is 0 Å². The van der Waals surface area contributed by atoms with Crippen molar-refractivity contribution in [3.05, 3.63) is 12.7 Å². The number of allylic oxidation sites excluding steroid dienone is 1. The summed E-state index contributed by atoms with van der Waals surface area (Å²) >= 11 is 0. The first-order valence-electron chi connectivity index (χ1n) is 5.11. The van der Waals surface area contributed by atoms with Crippen molar-refractivity contribution < 1.29 is 4.79 Å². The molecule has 1 aliphatic rings. The summed E-state index contributed by atoms with van der Waals surface area (Å²) in [5.41, 5.74) is -0.239. The summed E-state index contributed by atoms with van der Waals surface area (Å²) in [4.78, 5) is 11.9. The van der Waals surface area contributed by atoms with Gasteiger partial charge in [-0.3, -0.25) is 4.79 Å². The Morgan fingerprint density at radius 1 is 1.46 bits per heavy atom. The fraction of sp³-hybridized carbons (Fsp3) is 0.750. The molecule has 0 spiro atoms. The van der Waals surface area contributed by atoms with Crippen molar-refractivity contribution in [1.82, 2.24) is 0 Å². The Labute approximate surface area is 81.2 Å². The van der Waals surface area contributed by atoms with Gasteiger partial charge in [-0.1, -0.05) is 33.3 Å². The molecule has 0 aliphatic heterocycles. The monoisotopic (exact) mass is 180 g/mol. The van der Waals surface area contributed by atoms with Crippen molar-refractivity contribution in [3.8, 4) is 0 Å². The van der Waals surface area contributed by atoms with Crippen molar-refractivity contribution in [1.29, 1.82) is 0 Å². The predicted octanol–water partition coefficient (Wildman–Crippen LogP) is 3.35. The summed E-state index contributed by atoms with van der Waals surface area (Å²) in [7, 11) is 0. The molecular weight excluding hydrogens is 160 g/mol. The molecular formula is C12H20O. The van der Waals surface area contributed by atoms with E-state index in [-0.39, 0.29) is 10.8 Å². The highest BCUT2D eigenvalue weighted by atomic mass is 16.1. The molecule has 0 aromatic carbocycles. The van der Waals surface area contributed by atoms with Gasteiger partial charge in [0.25, 0.3) is 0 Å². The zero-order chi connectivity index (χ0) is 10.1. The van der Waals surface area contributed by atoms with Gasteiger partial charge in [0, 0.05) is 11.8 Å². The van der Waals surface area contributed by atoms with Crippen molar-refractivity contribution in [2.24, 2.45) is 10.8 Å². The standard InChI is InChI=1S/C12H20O/c1-5-11(2,3)12(4)9-7-6-8-10(12)13/h5H,1,6-9H2,2-4H3. The maximum Gasteiger partial charge on any atom is 0.139 e. The lowest BCUT2D eigenvalue weighted by Gasteiger charge is -2.43. The molecule has 0 aromatic heterocycles. The van der Waals surface area contributed by atoms with Gasteiger partial charge in [0.05, 0.1) is 0 Å². The third-order valence-corrected chi connectivity index (χ3v) is 3.88. The molecule has 0 aromatic rings. The first kappa shape index (κ1) is 10.5.